The van der Waals surface area contributed by atoms with Gasteiger partial charge in [0.2, 0.25) is 0 Å². The number of fused-ring (bicyclic) bond motifs is 1. The van der Waals surface area contributed by atoms with E-state index in [4.69, 9.17) is 0 Å². The number of imidazole rings is 1. The van der Waals surface area contributed by atoms with Gasteiger partial charge < -0.3 is 4.40 Å². The molecule has 2 aromatic heterocycles. The number of aromatic nitrogens is 3. The van der Waals surface area contributed by atoms with E-state index in [1.165, 1.54) is 0 Å². The van der Waals surface area contributed by atoms with Crippen molar-refractivity contribution in [1.82, 2.24) is 14.4 Å². The van der Waals surface area contributed by atoms with E-state index in [9.17, 15) is 0 Å². The zero-order chi connectivity index (χ0) is 11.1. The van der Waals surface area contributed by atoms with Crippen LogP contribution in [0.4, 0.5) is 0 Å². The second kappa shape index (κ2) is 3.33. The summed E-state index contributed by atoms with van der Waals surface area (Å²) in [5.74, 6) is 0. The number of aryl methyl sites for hydroxylation is 1. The van der Waals surface area contributed by atoms with Crippen LogP contribution in [0.2, 0.25) is 0 Å². The molecular formula is C12H17N3. The summed E-state index contributed by atoms with van der Waals surface area (Å²) in [5, 5.41) is 0. The highest BCUT2D eigenvalue weighted by Crippen LogP contribution is 2.19. The van der Waals surface area contributed by atoms with Crippen molar-refractivity contribution in [2.75, 3.05) is 0 Å². The Morgan fingerprint density at radius 1 is 1.27 bits per heavy atom. The van der Waals surface area contributed by atoms with Crippen molar-refractivity contribution in [3.05, 3.63) is 30.0 Å². The normalized spacial score (nSPS) is 12.3. The lowest BCUT2D eigenvalue weighted by Crippen LogP contribution is -2.14. The maximum atomic E-state index is 4.45. The molecule has 2 heterocycles. The fraction of sp³-hybridized carbons (Fsp3) is 0.500. The molecule has 0 saturated carbocycles. The fourth-order valence-corrected chi connectivity index (χ4v) is 1.51. The highest BCUT2D eigenvalue weighted by atomic mass is 15.0. The number of rotatable bonds is 1. The molecule has 80 valence electrons. The van der Waals surface area contributed by atoms with Crippen LogP contribution in [0.15, 0.2) is 18.6 Å². The molecule has 0 atom stereocenters. The zero-order valence-corrected chi connectivity index (χ0v) is 9.78. The lowest BCUT2D eigenvalue weighted by molar-refractivity contribution is 0.564. The van der Waals surface area contributed by atoms with E-state index < -0.39 is 0 Å². The van der Waals surface area contributed by atoms with Crippen molar-refractivity contribution < 1.29 is 0 Å². The summed E-state index contributed by atoms with van der Waals surface area (Å²) in [6, 6.07) is 0. The van der Waals surface area contributed by atoms with Gasteiger partial charge in [0.25, 0.3) is 0 Å². The van der Waals surface area contributed by atoms with E-state index in [0.717, 1.165) is 23.5 Å². The monoisotopic (exact) mass is 203 g/mol. The Bertz CT molecular complexity index is 477. The summed E-state index contributed by atoms with van der Waals surface area (Å²) in [7, 11) is 0. The third-order valence-corrected chi connectivity index (χ3v) is 2.52. The predicted octanol–water partition coefficient (Wildman–Crippen LogP) is 2.59. The molecule has 0 amide bonds. The summed E-state index contributed by atoms with van der Waals surface area (Å²) in [5.41, 5.74) is 3.22. The van der Waals surface area contributed by atoms with Crippen molar-refractivity contribution in [3.63, 3.8) is 0 Å². The molecular weight excluding hydrogens is 186 g/mol. The minimum absolute atomic E-state index is 0.0881. The van der Waals surface area contributed by atoms with Gasteiger partial charge in [-0.1, -0.05) is 27.7 Å². The molecule has 0 radical (unpaired) electrons. The highest BCUT2D eigenvalue weighted by Gasteiger charge is 2.16. The van der Waals surface area contributed by atoms with Crippen LogP contribution in [0.3, 0.4) is 0 Å². The van der Waals surface area contributed by atoms with Gasteiger partial charge in [0, 0.05) is 17.8 Å². The molecule has 0 saturated heterocycles. The first kappa shape index (κ1) is 10.1. The van der Waals surface area contributed by atoms with E-state index >= 15 is 0 Å². The number of hydrogen-bond donors (Lipinski definition) is 0. The predicted molar refractivity (Wildman–Crippen MR) is 61.1 cm³/mol. The first-order valence-corrected chi connectivity index (χ1v) is 5.35. The van der Waals surface area contributed by atoms with Crippen LogP contribution in [0.5, 0.6) is 0 Å². The van der Waals surface area contributed by atoms with Crippen molar-refractivity contribution in [2.45, 2.75) is 39.5 Å². The van der Waals surface area contributed by atoms with E-state index in [2.05, 4.69) is 54.5 Å². The Morgan fingerprint density at radius 2 is 2.00 bits per heavy atom. The molecule has 0 aliphatic heterocycles. The van der Waals surface area contributed by atoms with Gasteiger partial charge in [0.15, 0.2) is 5.65 Å². The fourth-order valence-electron chi connectivity index (χ4n) is 1.51. The SMILES string of the molecule is CCc1cn2cc(C(C)(C)C)ncc2n1. The molecule has 15 heavy (non-hydrogen) atoms. The summed E-state index contributed by atoms with van der Waals surface area (Å²) in [6.45, 7) is 8.61. The van der Waals surface area contributed by atoms with Crippen LogP contribution in [0.1, 0.15) is 39.1 Å². The Balaban J connectivity index is 2.55. The van der Waals surface area contributed by atoms with Crippen LogP contribution in [-0.4, -0.2) is 14.4 Å². The van der Waals surface area contributed by atoms with Gasteiger partial charge >= 0.3 is 0 Å². The third-order valence-electron chi connectivity index (χ3n) is 2.52. The molecule has 2 aromatic rings. The average Bonchev–Trinajstić information content (AvgIpc) is 2.57. The van der Waals surface area contributed by atoms with Crippen molar-refractivity contribution in [2.24, 2.45) is 0 Å². The van der Waals surface area contributed by atoms with Gasteiger partial charge in [-0.3, -0.25) is 4.98 Å². The Kier molecular flexibility index (Phi) is 2.25. The number of hydrogen-bond acceptors (Lipinski definition) is 2. The maximum absolute atomic E-state index is 4.45. The molecule has 0 aromatic carbocycles. The Labute approximate surface area is 90.2 Å². The Morgan fingerprint density at radius 3 is 2.60 bits per heavy atom. The molecule has 0 spiro atoms. The topological polar surface area (TPSA) is 30.2 Å². The molecule has 3 heteroatoms. The second-order valence-electron chi connectivity index (χ2n) is 4.87. The molecule has 0 unspecified atom stereocenters. The number of nitrogens with zero attached hydrogens (tertiary/aromatic N) is 3. The van der Waals surface area contributed by atoms with E-state index in [1.54, 1.807) is 0 Å². The molecule has 3 nitrogen and oxygen atoms in total. The molecule has 0 fully saturated rings. The molecule has 0 aliphatic rings. The quantitative estimate of drug-likeness (QED) is 0.713. The molecule has 0 bridgehead atoms. The van der Waals surface area contributed by atoms with Gasteiger partial charge in [-0.05, 0) is 6.42 Å². The lowest BCUT2D eigenvalue weighted by Gasteiger charge is -2.17. The largest absolute Gasteiger partial charge is 0.304 e. The molecule has 0 aliphatic carbocycles. The van der Waals surface area contributed by atoms with E-state index in [-0.39, 0.29) is 5.41 Å². The van der Waals surface area contributed by atoms with Gasteiger partial charge in [-0.25, -0.2) is 4.98 Å². The van der Waals surface area contributed by atoms with Crippen LogP contribution >= 0.6 is 0 Å². The standard InChI is InChI=1S/C12H17N3/c1-5-9-7-15-8-10(12(2,3)4)13-6-11(15)14-9/h6-8H,5H2,1-4H3. The van der Waals surface area contributed by atoms with Crippen LogP contribution in [0.25, 0.3) is 5.65 Å². The zero-order valence-electron chi connectivity index (χ0n) is 9.78. The van der Waals surface area contributed by atoms with Gasteiger partial charge in [0.05, 0.1) is 17.6 Å². The summed E-state index contributed by atoms with van der Waals surface area (Å²) < 4.78 is 2.06. The van der Waals surface area contributed by atoms with E-state index in [1.807, 2.05) is 6.20 Å². The average molecular weight is 203 g/mol. The minimum atomic E-state index is 0.0881. The van der Waals surface area contributed by atoms with Crippen molar-refractivity contribution >= 4 is 5.65 Å². The van der Waals surface area contributed by atoms with Crippen LogP contribution in [0, 0.1) is 0 Å². The van der Waals surface area contributed by atoms with Gasteiger partial charge in [0.1, 0.15) is 0 Å². The van der Waals surface area contributed by atoms with Gasteiger partial charge in [-0.2, -0.15) is 0 Å². The van der Waals surface area contributed by atoms with Gasteiger partial charge in [-0.15, -0.1) is 0 Å². The van der Waals surface area contributed by atoms with E-state index in [0.29, 0.717) is 0 Å². The minimum Gasteiger partial charge on any atom is -0.304 e. The summed E-state index contributed by atoms with van der Waals surface area (Å²) in [4.78, 5) is 8.90. The maximum Gasteiger partial charge on any atom is 0.155 e. The molecule has 0 N–H and O–H groups in total. The highest BCUT2D eigenvalue weighted by molar-refractivity contribution is 5.38. The second-order valence-corrected chi connectivity index (χ2v) is 4.87. The lowest BCUT2D eigenvalue weighted by atomic mass is 9.93. The smallest absolute Gasteiger partial charge is 0.155 e. The first-order valence-electron chi connectivity index (χ1n) is 5.35. The first-order chi connectivity index (χ1) is 7.00. The van der Waals surface area contributed by atoms with Crippen LogP contribution < -0.4 is 0 Å². The molecule has 2 rings (SSSR count). The van der Waals surface area contributed by atoms with Crippen molar-refractivity contribution in [3.8, 4) is 0 Å². The summed E-state index contributed by atoms with van der Waals surface area (Å²) in [6.07, 6.45) is 6.96. The van der Waals surface area contributed by atoms with Crippen LogP contribution in [-0.2, 0) is 11.8 Å². The van der Waals surface area contributed by atoms with Crippen molar-refractivity contribution in [1.29, 1.82) is 0 Å². The Hall–Kier alpha value is -1.38. The summed E-state index contributed by atoms with van der Waals surface area (Å²) >= 11 is 0. The third kappa shape index (κ3) is 1.87.